The average Bonchev–Trinajstić information content (AvgIpc) is 2.16. The van der Waals surface area contributed by atoms with Gasteiger partial charge in [0.25, 0.3) is 0 Å². The van der Waals surface area contributed by atoms with Crippen LogP contribution in [-0.2, 0) is 19.1 Å². The molecule has 0 saturated carbocycles. The molecule has 0 aliphatic heterocycles. The van der Waals surface area contributed by atoms with Crippen LogP contribution >= 0.6 is 0 Å². The van der Waals surface area contributed by atoms with Crippen molar-refractivity contribution in [3.63, 3.8) is 0 Å². The van der Waals surface area contributed by atoms with Crippen LogP contribution in [0.5, 0.6) is 0 Å². The molecular formula is C9H12F2O4. The van der Waals surface area contributed by atoms with E-state index in [1.54, 1.807) is 6.92 Å². The molecule has 0 unspecified atom stereocenters. The normalized spacial score (nSPS) is 11.5. The van der Waals surface area contributed by atoms with Crippen molar-refractivity contribution in [3.8, 4) is 0 Å². The molecular weight excluding hydrogens is 210 g/mol. The maximum Gasteiger partial charge on any atom is 0.377 e. The summed E-state index contributed by atoms with van der Waals surface area (Å²) in [6.07, 6.45) is 0.827. The van der Waals surface area contributed by atoms with Crippen LogP contribution in [0.15, 0.2) is 12.2 Å². The van der Waals surface area contributed by atoms with Crippen molar-refractivity contribution in [1.82, 2.24) is 0 Å². The minimum atomic E-state index is -3.61. The lowest BCUT2D eigenvalue weighted by atomic mass is 10.2. The fourth-order valence-electron chi connectivity index (χ4n) is 0.726. The Bertz CT molecular complexity index is 261. The lowest BCUT2D eigenvalue weighted by Gasteiger charge is -2.10. The standard InChI is InChI=1S/C9H12F2O4/c1-3-15-7(12)5-4-6-9(10,11)8(13)14-2/h4-5H,3,6H2,1-2H3/b5-4+. The number of rotatable bonds is 5. The molecule has 0 aromatic carbocycles. The predicted octanol–water partition coefficient (Wildman–Crippen LogP) is 1.30. The summed E-state index contributed by atoms with van der Waals surface area (Å²) in [5, 5.41) is 0. The van der Waals surface area contributed by atoms with E-state index in [0.717, 1.165) is 19.3 Å². The lowest BCUT2D eigenvalue weighted by Crippen LogP contribution is -2.29. The molecule has 0 heterocycles. The Balaban J connectivity index is 4.14. The van der Waals surface area contributed by atoms with E-state index in [4.69, 9.17) is 0 Å². The summed E-state index contributed by atoms with van der Waals surface area (Å²) >= 11 is 0. The van der Waals surface area contributed by atoms with E-state index in [2.05, 4.69) is 9.47 Å². The zero-order valence-corrected chi connectivity index (χ0v) is 8.46. The highest BCUT2D eigenvalue weighted by Crippen LogP contribution is 2.20. The minimum Gasteiger partial charge on any atom is -0.465 e. The Morgan fingerprint density at radius 3 is 2.47 bits per heavy atom. The summed E-state index contributed by atoms with van der Waals surface area (Å²) in [6.45, 7) is 1.76. The number of esters is 2. The maximum absolute atomic E-state index is 12.8. The topological polar surface area (TPSA) is 52.6 Å². The van der Waals surface area contributed by atoms with Crippen LogP contribution in [0.2, 0.25) is 0 Å². The summed E-state index contributed by atoms with van der Waals surface area (Å²) in [4.78, 5) is 21.2. The van der Waals surface area contributed by atoms with Crippen molar-refractivity contribution in [2.45, 2.75) is 19.3 Å². The van der Waals surface area contributed by atoms with E-state index in [1.807, 2.05) is 0 Å². The molecule has 0 rings (SSSR count). The van der Waals surface area contributed by atoms with Crippen molar-refractivity contribution < 1.29 is 27.8 Å². The molecule has 0 radical (unpaired) electrons. The van der Waals surface area contributed by atoms with Crippen LogP contribution in [0.4, 0.5) is 8.78 Å². The van der Waals surface area contributed by atoms with Crippen LogP contribution in [0.25, 0.3) is 0 Å². The molecule has 0 atom stereocenters. The minimum absolute atomic E-state index is 0.163. The molecule has 0 N–H and O–H groups in total. The third-order valence-corrected chi connectivity index (χ3v) is 1.40. The van der Waals surface area contributed by atoms with Crippen molar-refractivity contribution in [2.75, 3.05) is 13.7 Å². The lowest BCUT2D eigenvalue weighted by molar-refractivity contribution is -0.168. The highest BCUT2D eigenvalue weighted by atomic mass is 19.3. The van der Waals surface area contributed by atoms with Crippen LogP contribution < -0.4 is 0 Å². The smallest absolute Gasteiger partial charge is 0.377 e. The van der Waals surface area contributed by atoms with Crippen LogP contribution in [0.3, 0.4) is 0 Å². The number of allylic oxidation sites excluding steroid dienone is 1. The Kier molecular flexibility index (Phi) is 5.51. The predicted molar refractivity (Wildman–Crippen MR) is 47.4 cm³/mol. The number of hydrogen-bond donors (Lipinski definition) is 0. The summed E-state index contributed by atoms with van der Waals surface area (Å²) in [5.41, 5.74) is 0. The Labute approximate surface area is 85.9 Å². The van der Waals surface area contributed by atoms with Crippen LogP contribution in [0.1, 0.15) is 13.3 Å². The molecule has 6 heteroatoms. The first-order valence-corrected chi connectivity index (χ1v) is 4.23. The summed E-state index contributed by atoms with van der Waals surface area (Å²) in [7, 11) is 0.866. The summed E-state index contributed by atoms with van der Waals surface area (Å²) in [5.74, 6) is -5.97. The van der Waals surface area contributed by atoms with Crippen molar-refractivity contribution in [2.24, 2.45) is 0 Å². The number of hydrogen-bond acceptors (Lipinski definition) is 4. The molecule has 0 aliphatic rings. The second kappa shape index (κ2) is 6.10. The van der Waals surface area contributed by atoms with Gasteiger partial charge >= 0.3 is 17.9 Å². The SMILES string of the molecule is CCOC(=O)/C=C/CC(F)(F)C(=O)OC. The number of alkyl halides is 2. The first-order chi connectivity index (χ1) is 6.94. The van der Waals surface area contributed by atoms with Gasteiger partial charge in [-0.2, -0.15) is 8.78 Å². The molecule has 0 spiro atoms. The second-order valence-corrected chi connectivity index (χ2v) is 2.55. The molecule has 0 fully saturated rings. The van der Waals surface area contributed by atoms with Crippen LogP contribution in [-0.4, -0.2) is 31.6 Å². The molecule has 0 saturated heterocycles. The molecule has 0 bridgehead atoms. The van der Waals surface area contributed by atoms with Gasteiger partial charge in [-0.15, -0.1) is 0 Å². The Morgan fingerprint density at radius 1 is 1.40 bits per heavy atom. The van der Waals surface area contributed by atoms with Gasteiger partial charge in [0.15, 0.2) is 0 Å². The van der Waals surface area contributed by atoms with Gasteiger partial charge in [-0.25, -0.2) is 9.59 Å². The van der Waals surface area contributed by atoms with Gasteiger partial charge in [0, 0.05) is 12.5 Å². The van der Waals surface area contributed by atoms with Gasteiger partial charge in [0.1, 0.15) is 0 Å². The molecule has 15 heavy (non-hydrogen) atoms. The maximum atomic E-state index is 12.8. The van der Waals surface area contributed by atoms with Crippen molar-refractivity contribution >= 4 is 11.9 Å². The molecule has 86 valence electrons. The van der Waals surface area contributed by atoms with Gasteiger partial charge in [-0.1, -0.05) is 6.08 Å². The highest BCUT2D eigenvalue weighted by Gasteiger charge is 2.38. The summed E-state index contributed by atoms with van der Waals surface area (Å²) < 4.78 is 33.9. The van der Waals surface area contributed by atoms with Gasteiger partial charge in [0.05, 0.1) is 13.7 Å². The monoisotopic (exact) mass is 222 g/mol. The fourth-order valence-corrected chi connectivity index (χ4v) is 0.726. The van der Waals surface area contributed by atoms with E-state index >= 15 is 0 Å². The second-order valence-electron chi connectivity index (χ2n) is 2.55. The zero-order valence-electron chi connectivity index (χ0n) is 8.46. The number of carbonyl (C=O) groups excluding carboxylic acids is 2. The quantitative estimate of drug-likeness (QED) is 0.519. The number of halogens is 2. The van der Waals surface area contributed by atoms with E-state index in [-0.39, 0.29) is 6.61 Å². The summed E-state index contributed by atoms with van der Waals surface area (Å²) in [6, 6.07) is 0. The largest absolute Gasteiger partial charge is 0.465 e. The van der Waals surface area contributed by atoms with Crippen LogP contribution in [0, 0.1) is 0 Å². The molecule has 4 nitrogen and oxygen atoms in total. The average molecular weight is 222 g/mol. The fraction of sp³-hybridized carbons (Fsp3) is 0.556. The highest BCUT2D eigenvalue weighted by molar-refractivity contribution is 5.82. The van der Waals surface area contributed by atoms with E-state index in [9.17, 15) is 18.4 Å². The number of ether oxygens (including phenoxy) is 2. The molecule has 0 amide bonds. The molecule has 0 aromatic heterocycles. The third-order valence-electron chi connectivity index (χ3n) is 1.40. The first kappa shape index (κ1) is 13.5. The van der Waals surface area contributed by atoms with Gasteiger partial charge in [0.2, 0.25) is 0 Å². The number of methoxy groups -OCH3 is 1. The van der Waals surface area contributed by atoms with Crippen molar-refractivity contribution in [3.05, 3.63) is 12.2 Å². The number of carbonyl (C=O) groups is 2. The Hall–Kier alpha value is -1.46. The van der Waals surface area contributed by atoms with Gasteiger partial charge in [-0.05, 0) is 6.92 Å². The Morgan fingerprint density at radius 2 is 2.00 bits per heavy atom. The van der Waals surface area contributed by atoms with E-state index in [0.29, 0.717) is 0 Å². The van der Waals surface area contributed by atoms with Gasteiger partial charge in [-0.3, -0.25) is 0 Å². The third kappa shape index (κ3) is 5.09. The van der Waals surface area contributed by atoms with E-state index < -0.39 is 24.3 Å². The first-order valence-electron chi connectivity index (χ1n) is 4.23. The van der Waals surface area contributed by atoms with Crippen molar-refractivity contribution in [1.29, 1.82) is 0 Å². The molecule has 0 aromatic rings. The zero-order chi connectivity index (χ0) is 11.9. The molecule has 0 aliphatic carbocycles. The van der Waals surface area contributed by atoms with Gasteiger partial charge < -0.3 is 9.47 Å². The van der Waals surface area contributed by atoms with E-state index in [1.165, 1.54) is 0 Å².